The van der Waals surface area contributed by atoms with Crippen molar-refractivity contribution in [3.8, 4) is 22.8 Å². The number of carbonyl (C=O) groups excluding carboxylic acids is 2. The Bertz CT molecular complexity index is 1660. The molecule has 3 aromatic carbocycles. The number of benzene rings is 3. The first-order chi connectivity index (χ1) is 22.0. The number of anilines is 1. The number of aromatic nitrogens is 3. The second-order valence-electron chi connectivity index (χ2n) is 10.9. The number of nitrogens with one attached hydrogen (secondary N) is 2. The van der Waals surface area contributed by atoms with Gasteiger partial charge in [0.05, 0.1) is 17.1 Å². The summed E-state index contributed by atoms with van der Waals surface area (Å²) in [6, 6.07) is 17.0. The molecular weight excluding hydrogens is 624 g/mol. The lowest BCUT2D eigenvalue weighted by Gasteiger charge is -2.28. The van der Waals surface area contributed by atoms with Crippen molar-refractivity contribution >= 4 is 29.4 Å². The van der Waals surface area contributed by atoms with Crippen molar-refractivity contribution in [3.63, 3.8) is 0 Å². The molecule has 0 spiro atoms. The number of carbonyl (C=O) groups is 2. The van der Waals surface area contributed by atoms with E-state index in [9.17, 15) is 27.2 Å². The molecule has 14 heteroatoms. The van der Waals surface area contributed by atoms with Gasteiger partial charge in [0.15, 0.2) is 11.3 Å². The van der Waals surface area contributed by atoms with Crippen LogP contribution in [0.25, 0.3) is 17.1 Å². The Morgan fingerprint density at radius 2 is 1.80 bits per heavy atom. The highest BCUT2D eigenvalue weighted by molar-refractivity contribution is 8.01. The molecule has 1 fully saturated rings. The SMILES string of the molecule is CC(C)c1cc(F)ccc1N1C(=O)CSC1NC(=O)NCCCCc1ccc(-c2ncn(-c3ccc(OC(F)(F)F)cc3)n2)cc1. The van der Waals surface area contributed by atoms with Crippen LogP contribution >= 0.6 is 11.8 Å². The zero-order chi connectivity index (χ0) is 32.8. The van der Waals surface area contributed by atoms with Gasteiger partial charge in [-0.25, -0.2) is 18.9 Å². The molecule has 4 aromatic rings. The van der Waals surface area contributed by atoms with Crippen LogP contribution in [-0.2, 0) is 11.2 Å². The van der Waals surface area contributed by atoms with Crippen LogP contribution in [0.4, 0.5) is 28.0 Å². The van der Waals surface area contributed by atoms with Crippen LogP contribution in [0, 0.1) is 5.82 Å². The number of rotatable bonds is 11. The third kappa shape index (κ3) is 8.36. The molecule has 3 amide bonds. The van der Waals surface area contributed by atoms with Gasteiger partial charge in [0, 0.05) is 12.1 Å². The van der Waals surface area contributed by atoms with Crippen LogP contribution in [-0.4, -0.2) is 50.9 Å². The molecule has 1 saturated heterocycles. The molecule has 0 radical (unpaired) electrons. The molecule has 46 heavy (non-hydrogen) atoms. The zero-order valence-corrected chi connectivity index (χ0v) is 25.9. The minimum Gasteiger partial charge on any atom is -0.406 e. The molecule has 1 atom stereocenters. The van der Waals surface area contributed by atoms with Gasteiger partial charge in [0.2, 0.25) is 5.91 Å². The van der Waals surface area contributed by atoms with Crippen LogP contribution in [0.1, 0.15) is 43.7 Å². The summed E-state index contributed by atoms with van der Waals surface area (Å²) >= 11 is 1.31. The normalized spacial score (nSPS) is 15.0. The Hall–Kier alpha value is -4.59. The highest BCUT2D eigenvalue weighted by Crippen LogP contribution is 2.35. The van der Waals surface area contributed by atoms with Crippen LogP contribution < -0.4 is 20.3 Å². The summed E-state index contributed by atoms with van der Waals surface area (Å²) in [5.41, 5.74) is 3.14. The van der Waals surface area contributed by atoms with Gasteiger partial charge in [-0.1, -0.05) is 38.1 Å². The highest BCUT2D eigenvalue weighted by atomic mass is 32.2. The summed E-state index contributed by atoms with van der Waals surface area (Å²) in [6.45, 7) is 4.31. The maximum absolute atomic E-state index is 13.9. The minimum absolute atomic E-state index is 0.00504. The van der Waals surface area contributed by atoms with E-state index in [0.717, 1.165) is 30.4 Å². The van der Waals surface area contributed by atoms with Crippen molar-refractivity contribution in [1.29, 1.82) is 0 Å². The third-order valence-corrected chi connectivity index (χ3v) is 8.27. The van der Waals surface area contributed by atoms with Gasteiger partial charge in [-0.3, -0.25) is 9.69 Å². The Morgan fingerprint density at radius 3 is 2.50 bits per heavy atom. The van der Waals surface area contributed by atoms with E-state index in [0.29, 0.717) is 29.3 Å². The number of unbranched alkanes of at least 4 members (excludes halogenated alkanes) is 1. The van der Waals surface area contributed by atoms with Gasteiger partial charge in [0.1, 0.15) is 17.9 Å². The Labute approximate surface area is 267 Å². The molecule has 0 aliphatic carbocycles. The van der Waals surface area contributed by atoms with E-state index in [1.807, 2.05) is 38.1 Å². The first-order valence-corrected chi connectivity index (χ1v) is 15.7. The summed E-state index contributed by atoms with van der Waals surface area (Å²) in [5.74, 6) is -0.154. The van der Waals surface area contributed by atoms with E-state index in [2.05, 4.69) is 25.5 Å². The number of urea groups is 1. The predicted molar refractivity (Wildman–Crippen MR) is 167 cm³/mol. The van der Waals surface area contributed by atoms with Gasteiger partial charge >= 0.3 is 12.4 Å². The van der Waals surface area contributed by atoms with Crippen molar-refractivity contribution in [1.82, 2.24) is 25.4 Å². The van der Waals surface area contributed by atoms with Crippen LogP contribution in [0.2, 0.25) is 0 Å². The summed E-state index contributed by atoms with van der Waals surface area (Å²) in [6.07, 6.45) is -0.908. The first kappa shape index (κ1) is 32.8. The van der Waals surface area contributed by atoms with Gasteiger partial charge in [-0.05, 0) is 78.8 Å². The molecule has 1 aromatic heterocycles. The number of alkyl halides is 3. The standard InChI is InChI=1S/C32H32F4N6O3S/c1-20(2)26-17-23(33)10-15-27(26)42-28(43)18-46-31(42)39-30(44)37-16-4-3-5-21-6-8-22(9-7-21)29-38-19-41(40-29)24-11-13-25(14-12-24)45-32(34,35)36/h6-15,17,19-20,31H,3-5,16,18H2,1-2H3,(H2,37,39,44). The number of nitrogens with zero attached hydrogens (tertiary/aromatic N) is 4. The van der Waals surface area contributed by atoms with Crippen LogP contribution in [0.5, 0.6) is 5.75 Å². The van der Waals surface area contributed by atoms with Crippen LogP contribution in [0.3, 0.4) is 0 Å². The average Bonchev–Trinajstić information content (AvgIpc) is 3.64. The van der Waals surface area contributed by atoms with Crippen molar-refractivity contribution in [3.05, 3.63) is 90.0 Å². The van der Waals surface area contributed by atoms with Gasteiger partial charge < -0.3 is 15.4 Å². The lowest BCUT2D eigenvalue weighted by atomic mass is 10.00. The van der Waals surface area contributed by atoms with Gasteiger partial charge in [-0.15, -0.1) is 30.0 Å². The average molecular weight is 657 g/mol. The van der Waals surface area contributed by atoms with Crippen molar-refractivity contribution in [2.45, 2.75) is 50.9 Å². The van der Waals surface area contributed by atoms with E-state index in [1.54, 1.807) is 6.07 Å². The number of amides is 3. The van der Waals surface area contributed by atoms with E-state index >= 15 is 0 Å². The first-order valence-electron chi connectivity index (χ1n) is 14.6. The molecule has 9 nitrogen and oxygen atoms in total. The Kier molecular flexibility index (Phi) is 10.1. The van der Waals surface area contributed by atoms with Gasteiger partial charge in [0.25, 0.3) is 0 Å². The highest BCUT2D eigenvalue weighted by Gasteiger charge is 2.35. The van der Waals surface area contributed by atoms with E-state index in [4.69, 9.17) is 0 Å². The largest absolute Gasteiger partial charge is 0.573 e. The lowest BCUT2D eigenvalue weighted by Crippen LogP contribution is -2.49. The molecule has 0 saturated carbocycles. The summed E-state index contributed by atoms with van der Waals surface area (Å²) in [5, 5.41) is 10.1. The number of hydrogen-bond donors (Lipinski definition) is 2. The Balaban J connectivity index is 1.06. The zero-order valence-electron chi connectivity index (χ0n) is 25.1. The molecule has 5 rings (SSSR count). The number of ether oxygens (including phenoxy) is 1. The fraction of sp³-hybridized carbons (Fsp3) is 0.312. The monoisotopic (exact) mass is 656 g/mol. The number of thioether (sulfide) groups is 1. The lowest BCUT2D eigenvalue weighted by molar-refractivity contribution is -0.274. The van der Waals surface area contributed by atoms with E-state index in [1.165, 1.54) is 64.1 Å². The molecule has 1 aliphatic rings. The van der Waals surface area contributed by atoms with Crippen molar-refractivity contribution < 1.29 is 31.9 Å². The fourth-order valence-electron chi connectivity index (χ4n) is 4.96. The Morgan fingerprint density at radius 1 is 1.07 bits per heavy atom. The molecule has 0 bridgehead atoms. The minimum atomic E-state index is -4.76. The second kappa shape index (κ2) is 14.2. The molecule has 1 unspecified atom stereocenters. The van der Waals surface area contributed by atoms with E-state index in [-0.39, 0.29) is 35.2 Å². The fourth-order valence-corrected chi connectivity index (χ4v) is 5.97. The maximum atomic E-state index is 13.9. The summed E-state index contributed by atoms with van der Waals surface area (Å²) in [4.78, 5) is 31.1. The quantitative estimate of drug-likeness (QED) is 0.136. The second-order valence-corrected chi connectivity index (χ2v) is 12.0. The molecule has 1 aliphatic heterocycles. The smallest absolute Gasteiger partial charge is 0.406 e. The molecule has 2 heterocycles. The molecular formula is C32H32F4N6O3S. The topological polar surface area (TPSA) is 101 Å². The predicted octanol–water partition coefficient (Wildman–Crippen LogP) is 6.78. The van der Waals surface area contributed by atoms with E-state index < -0.39 is 11.9 Å². The summed E-state index contributed by atoms with van der Waals surface area (Å²) in [7, 11) is 0. The number of hydrogen-bond acceptors (Lipinski definition) is 6. The van der Waals surface area contributed by atoms with Crippen LogP contribution in [0.15, 0.2) is 73.1 Å². The van der Waals surface area contributed by atoms with Crippen molar-refractivity contribution in [2.75, 3.05) is 17.2 Å². The number of halogens is 4. The van der Waals surface area contributed by atoms with Crippen molar-refractivity contribution in [2.24, 2.45) is 0 Å². The third-order valence-electron chi connectivity index (χ3n) is 7.21. The maximum Gasteiger partial charge on any atom is 0.573 e. The molecule has 2 N–H and O–H groups in total. The number of aryl methyl sites for hydroxylation is 1. The molecule has 242 valence electrons. The summed E-state index contributed by atoms with van der Waals surface area (Å²) < 4.78 is 56.4. The van der Waals surface area contributed by atoms with Gasteiger partial charge in [-0.2, -0.15) is 0 Å².